The molecule has 3 aromatic rings. The van der Waals surface area contributed by atoms with E-state index in [0.29, 0.717) is 12.3 Å². The summed E-state index contributed by atoms with van der Waals surface area (Å²) < 4.78 is 5.38. The smallest absolute Gasteiger partial charge is 0.231 e. The summed E-state index contributed by atoms with van der Waals surface area (Å²) >= 11 is 0. The number of anilines is 1. The summed E-state index contributed by atoms with van der Waals surface area (Å²) in [6.45, 7) is 0. The van der Waals surface area contributed by atoms with Crippen molar-refractivity contribution in [3.63, 3.8) is 0 Å². The van der Waals surface area contributed by atoms with Crippen molar-refractivity contribution in [1.82, 2.24) is 10.1 Å². The first-order valence-corrected chi connectivity index (χ1v) is 7.05. The molecule has 0 aliphatic heterocycles. The molecule has 4 rings (SSSR count). The minimum atomic E-state index is 0.270. The van der Waals surface area contributed by atoms with Crippen LogP contribution in [0.4, 0.5) is 5.69 Å². The van der Waals surface area contributed by atoms with Crippen LogP contribution in [-0.2, 0) is 12.8 Å². The number of aromatic nitrogens is 2. The van der Waals surface area contributed by atoms with Crippen molar-refractivity contribution >= 4 is 5.69 Å². The van der Waals surface area contributed by atoms with Gasteiger partial charge in [-0.3, -0.25) is 0 Å². The van der Waals surface area contributed by atoms with Gasteiger partial charge < -0.3 is 10.3 Å². The number of para-hydroxylation sites is 1. The molecule has 1 unspecified atom stereocenters. The van der Waals surface area contributed by atoms with E-state index in [0.717, 1.165) is 23.5 Å². The molecule has 1 aromatic heterocycles. The van der Waals surface area contributed by atoms with E-state index >= 15 is 0 Å². The summed E-state index contributed by atoms with van der Waals surface area (Å²) in [6.07, 6.45) is 1.57. The van der Waals surface area contributed by atoms with Gasteiger partial charge in [-0.1, -0.05) is 47.6 Å². The number of nitrogens with two attached hydrogens (primary N) is 1. The number of hydrogen-bond donors (Lipinski definition) is 1. The zero-order chi connectivity index (χ0) is 14.2. The van der Waals surface area contributed by atoms with Gasteiger partial charge in [0.05, 0.1) is 12.3 Å². The highest BCUT2D eigenvalue weighted by Gasteiger charge is 2.30. The number of hydrogen-bond acceptors (Lipinski definition) is 4. The fourth-order valence-corrected chi connectivity index (χ4v) is 2.83. The first-order valence-electron chi connectivity index (χ1n) is 7.05. The van der Waals surface area contributed by atoms with Crippen LogP contribution in [0.25, 0.3) is 0 Å². The van der Waals surface area contributed by atoms with Gasteiger partial charge in [0.2, 0.25) is 5.89 Å². The highest BCUT2D eigenvalue weighted by Crippen LogP contribution is 2.38. The van der Waals surface area contributed by atoms with Gasteiger partial charge in [0, 0.05) is 5.69 Å². The molecule has 0 radical (unpaired) electrons. The van der Waals surface area contributed by atoms with Gasteiger partial charge in [0.25, 0.3) is 0 Å². The van der Waals surface area contributed by atoms with E-state index in [9.17, 15) is 0 Å². The Balaban J connectivity index is 1.56. The molecule has 104 valence electrons. The summed E-state index contributed by atoms with van der Waals surface area (Å²) in [5.41, 5.74) is 10.4. The highest BCUT2D eigenvalue weighted by molar-refractivity contribution is 5.47. The molecule has 1 heterocycles. The zero-order valence-electron chi connectivity index (χ0n) is 11.5. The summed E-state index contributed by atoms with van der Waals surface area (Å²) in [5, 5.41) is 4.14. The van der Waals surface area contributed by atoms with E-state index in [4.69, 9.17) is 10.3 Å². The van der Waals surface area contributed by atoms with Crippen molar-refractivity contribution in [2.24, 2.45) is 0 Å². The van der Waals surface area contributed by atoms with Gasteiger partial charge in [-0.2, -0.15) is 4.98 Å². The Kier molecular flexibility index (Phi) is 2.74. The lowest BCUT2D eigenvalue weighted by molar-refractivity contribution is 0.376. The average molecular weight is 277 g/mol. The van der Waals surface area contributed by atoms with Crippen molar-refractivity contribution in [3.8, 4) is 0 Å². The summed E-state index contributed by atoms with van der Waals surface area (Å²) in [4.78, 5) is 4.53. The highest BCUT2D eigenvalue weighted by atomic mass is 16.5. The van der Waals surface area contributed by atoms with Gasteiger partial charge in [-0.25, -0.2) is 0 Å². The molecule has 1 aliphatic carbocycles. The summed E-state index contributed by atoms with van der Waals surface area (Å²) in [7, 11) is 0. The van der Waals surface area contributed by atoms with Crippen molar-refractivity contribution in [3.05, 3.63) is 76.9 Å². The molecule has 0 saturated heterocycles. The maximum Gasteiger partial charge on any atom is 0.231 e. The van der Waals surface area contributed by atoms with E-state index in [-0.39, 0.29) is 5.92 Å². The standard InChI is InChI=1S/C17H15N3O/c18-15-8-4-2-6-12(15)10-16-19-17(20-21-16)14-9-11-5-1-3-7-13(11)14/h1-8,14H,9-10,18H2. The predicted molar refractivity (Wildman–Crippen MR) is 79.9 cm³/mol. The monoisotopic (exact) mass is 277 g/mol. The maximum atomic E-state index is 5.95. The third-order valence-electron chi connectivity index (χ3n) is 4.05. The average Bonchev–Trinajstić information content (AvgIpc) is 2.91. The van der Waals surface area contributed by atoms with Crippen molar-refractivity contribution in [1.29, 1.82) is 0 Å². The number of nitrogens with zero attached hydrogens (tertiary/aromatic N) is 2. The molecule has 1 aliphatic rings. The van der Waals surface area contributed by atoms with E-state index in [1.54, 1.807) is 0 Å². The fraction of sp³-hybridized carbons (Fsp3) is 0.176. The van der Waals surface area contributed by atoms with Crippen molar-refractivity contribution < 1.29 is 4.52 Å². The van der Waals surface area contributed by atoms with Crippen LogP contribution in [-0.4, -0.2) is 10.1 Å². The van der Waals surface area contributed by atoms with Crippen LogP contribution < -0.4 is 5.73 Å². The topological polar surface area (TPSA) is 64.9 Å². The minimum absolute atomic E-state index is 0.270. The number of benzene rings is 2. The Labute approximate surface area is 122 Å². The Morgan fingerprint density at radius 2 is 1.90 bits per heavy atom. The number of nitrogen functional groups attached to an aromatic ring is 1. The third-order valence-corrected chi connectivity index (χ3v) is 4.05. The van der Waals surface area contributed by atoms with Crippen LogP contribution in [0.1, 0.15) is 34.3 Å². The summed E-state index contributed by atoms with van der Waals surface area (Å²) in [6, 6.07) is 16.2. The maximum absolute atomic E-state index is 5.95. The normalized spacial score (nSPS) is 16.3. The van der Waals surface area contributed by atoms with E-state index < -0.39 is 0 Å². The van der Waals surface area contributed by atoms with Crippen LogP contribution >= 0.6 is 0 Å². The molecule has 2 N–H and O–H groups in total. The number of rotatable bonds is 3. The van der Waals surface area contributed by atoms with Crippen LogP contribution in [0.5, 0.6) is 0 Å². The quantitative estimate of drug-likeness (QED) is 0.747. The van der Waals surface area contributed by atoms with Gasteiger partial charge in [-0.05, 0) is 29.2 Å². The molecule has 2 aromatic carbocycles. The molecule has 0 fully saturated rings. The Morgan fingerprint density at radius 1 is 1.10 bits per heavy atom. The molecule has 4 nitrogen and oxygen atoms in total. The fourth-order valence-electron chi connectivity index (χ4n) is 2.83. The van der Waals surface area contributed by atoms with Gasteiger partial charge in [0.1, 0.15) is 0 Å². The molecule has 1 atom stereocenters. The lowest BCUT2D eigenvalue weighted by Gasteiger charge is -2.27. The van der Waals surface area contributed by atoms with Gasteiger partial charge in [0.15, 0.2) is 5.82 Å². The van der Waals surface area contributed by atoms with Crippen molar-refractivity contribution in [2.45, 2.75) is 18.8 Å². The van der Waals surface area contributed by atoms with Crippen molar-refractivity contribution in [2.75, 3.05) is 5.73 Å². The molecular formula is C17H15N3O. The molecule has 0 spiro atoms. The number of fused-ring (bicyclic) bond motifs is 1. The lowest BCUT2D eigenvalue weighted by Crippen LogP contribution is -2.19. The Morgan fingerprint density at radius 3 is 2.76 bits per heavy atom. The largest absolute Gasteiger partial charge is 0.398 e. The Hall–Kier alpha value is -2.62. The second-order valence-electron chi connectivity index (χ2n) is 5.38. The molecule has 0 amide bonds. The van der Waals surface area contributed by atoms with Crippen LogP contribution in [0.3, 0.4) is 0 Å². The van der Waals surface area contributed by atoms with E-state index in [1.165, 1.54) is 11.1 Å². The lowest BCUT2D eigenvalue weighted by atomic mass is 9.77. The van der Waals surface area contributed by atoms with Gasteiger partial charge >= 0.3 is 0 Å². The molecule has 21 heavy (non-hydrogen) atoms. The molecule has 0 saturated carbocycles. The van der Waals surface area contributed by atoms with Gasteiger partial charge in [-0.15, -0.1) is 0 Å². The second-order valence-corrected chi connectivity index (χ2v) is 5.38. The van der Waals surface area contributed by atoms with Crippen LogP contribution in [0.15, 0.2) is 53.1 Å². The zero-order valence-corrected chi connectivity index (χ0v) is 11.5. The predicted octanol–water partition coefficient (Wildman–Crippen LogP) is 2.93. The SMILES string of the molecule is Nc1ccccc1Cc1nc(C2Cc3ccccc32)no1. The van der Waals surface area contributed by atoms with E-state index in [1.807, 2.05) is 24.3 Å². The van der Waals surface area contributed by atoms with Crippen LogP contribution in [0.2, 0.25) is 0 Å². The molecular weight excluding hydrogens is 262 g/mol. The Bertz CT molecular complexity index is 794. The third kappa shape index (κ3) is 2.09. The first kappa shape index (κ1) is 12.1. The second kappa shape index (κ2) is 4.74. The first-order chi connectivity index (χ1) is 10.3. The summed E-state index contributed by atoms with van der Waals surface area (Å²) in [5.74, 6) is 1.66. The molecule has 4 heteroatoms. The molecule has 0 bridgehead atoms. The minimum Gasteiger partial charge on any atom is -0.398 e. The van der Waals surface area contributed by atoms with E-state index in [2.05, 4.69) is 34.4 Å². The van der Waals surface area contributed by atoms with Crippen LogP contribution in [0, 0.1) is 0 Å².